The van der Waals surface area contributed by atoms with Crippen molar-refractivity contribution < 1.29 is 19.1 Å². The molecule has 0 bridgehead atoms. The fourth-order valence-electron chi connectivity index (χ4n) is 2.05. The highest BCUT2D eigenvalue weighted by Crippen LogP contribution is 2.19. The van der Waals surface area contributed by atoms with Crippen LogP contribution in [0.1, 0.15) is 5.56 Å². The Balaban J connectivity index is 1.82. The molecule has 0 atom stereocenters. The van der Waals surface area contributed by atoms with Gasteiger partial charge in [0.1, 0.15) is 0 Å². The van der Waals surface area contributed by atoms with Crippen LogP contribution in [-0.4, -0.2) is 30.9 Å². The van der Waals surface area contributed by atoms with Crippen LogP contribution in [0.4, 0.5) is 0 Å². The summed E-state index contributed by atoms with van der Waals surface area (Å²) in [7, 11) is 0. The molecular formula is C18H18N2O4. The van der Waals surface area contributed by atoms with Crippen LogP contribution in [0.25, 0.3) is 11.1 Å². The average Bonchev–Trinajstić information content (AvgIpc) is 2.59. The average molecular weight is 326 g/mol. The Morgan fingerprint density at radius 3 is 2.17 bits per heavy atom. The molecule has 0 saturated carbocycles. The van der Waals surface area contributed by atoms with Gasteiger partial charge in [0.15, 0.2) is 6.61 Å². The second-order valence-corrected chi connectivity index (χ2v) is 5.14. The lowest BCUT2D eigenvalue weighted by molar-refractivity contribution is -0.147. The Hall–Kier alpha value is -3.15. The fraction of sp³-hybridized carbons (Fsp3) is 0.167. The Labute approximate surface area is 139 Å². The number of primary amides is 1. The number of rotatable bonds is 7. The largest absolute Gasteiger partial charge is 0.455 e. The second-order valence-electron chi connectivity index (χ2n) is 5.14. The molecule has 0 radical (unpaired) electrons. The van der Waals surface area contributed by atoms with Crippen molar-refractivity contribution in [1.82, 2.24) is 5.32 Å². The zero-order chi connectivity index (χ0) is 17.4. The van der Waals surface area contributed by atoms with E-state index in [0.717, 1.165) is 16.7 Å². The summed E-state index contributed by atoms with van der Waals surface area (Å²) in [4.78, 5) is 33.5. The van der Waals surface area contributed by atoms with Gasteiger partial charge in [-0.2, -0.15) is 0 Å². The molecule has 0 aliphatic carbocycles. The molecule has 0 heterocycles. The number of amides is 2. The van der Waals surface area contributed by atoms with E-state index in [2.05, 4.69) is 5.32 Å². The minimum absolute atomic E-state index is 0.0676. The van der Waals surface area contributed by atoms with Crippen molar-refractivity contribution >= 4 is 17.8 Å². The Morgan fingerprint density at radius 1 is 0.917 bits per heavy atom. The van der Waals surface area contributed by atoms with E-state index in [1.54, 1.807) is 0 Å². The number of ether oxygens (including phenoxy) is 1. The first kappa shape index (κ1) is 17.2. The lowest BCUT2D eigenvalue weighted by Crippen LogP contribution is -2.36. The third kappa shape index (κ3) is 5.57. The summed E-state index contributed by atoms with van der Waals surface area (Å²) >= 11 is 0. The number of carbonyl (C=O) groups excluding carboxylic acids is 3. The monoisotopic (exact) mass is 326 g/mol. The van der Waals surface area contributed by atoms with Crippen LogP contribution >= 0.6 is 0 Å². The molecule has 2 aromatic carbocycles. The van der Waals surface area contributed by atoms with Crippen LogP contribution in [0.3, 0.4) is 0 Å². The van der Waals surface area contributed by atoms with Crippen molar-refractivity contribution in [2.24, 2.45) is 5.73 Å². The normalized spacial score (nSPS) is 10.0. The summed E-state index contributed by atoms with van der Waals surface area (Å²) < 4.78 is 4.85. The third-order valence-electron chi connectivity index (χ3n) is 3.23. The van der Waals surface area contributed by atoms with Crippen LogP contribution in [0.5, 0.6) is 0 Å². The zero-order valence-electron chi connectivity index (χ0n) is 13.0. The summed E-state index contributed by atoms with van der Waals surface area (Å²) in [5.74, 6) is -1.74. The highest BCUT2D eigenvalue weighted by molar-refractivity contribution is 5.85. The minimum Gasteiger partial charge on any atom is -0.455 e. The molecule has 0 aliphatic heterocycles. The Kier molecular flexibility index (Phi) is 6.08. The smallest absolute Gasteiger partial charge is 0.310 e. The molecule has 2 amide bonds. The minimum atomic E-state index is -0.659. The lowest BCUT2D eigenvalue weighted by Gasteiger charge is -2.06. The molecule has 0 aromatic heterocycles. The van der Waals surface area contributed by atoms with E-state index >= 15 is 0 Å². The first-order valence-electron chi connectivity index (χ1n) is 7.39. The van der Waals surface area contributed by atoms with Crippen molar-refractivity contribution in [1.29, 1.82) is 0 Å². The van der Waals surface area contributed by atoms with E-state index in [1.165, 1.54) is 0 Å². The van der Waals surface area contributed by atoms with Crippen molar-refractivity contribution in [3.05, 3.63) is 60.2 Å². The Bertz CT molecular complexity index is 712. The predicted molar refractivity (Wildman–Crippen MR) is 88.7 cm³/mol. The molecule has 0 aliphatic rings. The highest BCUT2D eigenvalue weighted by Gasteiger charge is 2.09. The molecule has 24 heavy (non-hydrogen) atoms. The molecule has 0 saturated heterocycles. The number of carbonyl (C=O) groups is 3. The van der Waals surface area contributed by atoms with Gasteiger partial charge in [0.05, 0.1) is 13.0 Å². The van der Waals surface area contributed by atoms with Crippen molar-refractivity contribution in [3.8, 4) is 11.1 Å². The highest BCUT2D eigenvalue weighted by atomic mass is 16.5. The summed E-state index contributed by atoms with van der Waals surface area (Å²) in [5.41, 5.74) is 7.83. The van der Waals surface area contributed by atoms with E-state index in [-0.39, 0.29) is 13.0 Å². The van der Waals surface area contributed by atoms with Gasteiger partial charge in [-0.3, -0.25) is 14.4 Å². The van der Waals surface area contributed by atoms with Crippen LogP contribution in [-0.2, 0) is 25.5 Å². The molecule has 3 N–H and O–H groups in total. The molecule has 0 spiro atoms. The van der Waals surface area contributed by atoms with Crippen molar-refractivity contribution in [3.63, 3.8) is 0 Å². The maximum Gasteiger partial charge on any atom is 0.310 e. The van der Waals surface area contributed by atoms with Gasteiger partial charge in [-0.15, -0.1) is 0 Å². The maximum atomic E-state index is 11.7. The van der Waals surface area contributed by atoms with Crippen LogP contribution in [0.2, 0.25) is 0 Å². The van der Waals surface area contributed by atoms with Crippen LogP contribution in [0, 0.1) is 0 Å². The molecule has 2 aromatic rings. The van der Waals surface area contributed by atoms with Gasteiger partial charge in [-0.05, 0) is 16.7 Å². The van der Waals surface area contributed by atoms with Crippen molar-refractivity contribution in [2.45, 2.75) is 6.42 Å². The van der Waals surface area contributed by atoms with Gasteiger partial charge in [-0.1, -0.05) is 54.6 Å². The topological polar surface area (TPSA) is 98.5 Å². The number of benzene rings is 2. The van der Waals surface area contributed by atoms with E-state index in [9.17, 15) is 14.4 Å². The van der Waals surface area contributed by atoms with Gasteiger partial charge in [-0.25, -0.2) is 0 Å². The first-order valence-corrected chi connectivity index (χ1v) is 7.39. The maximum absolute atomic E-state index is 11.7. The van der Waals surface area contributed by atoms with Gasteiger partial charge in [0.25, 0.3) is 5.91 Å². The van der Waals surface area contributed by atoms with Crippen molar-refractivity contribution in [2.75, 3.05) is 13.2 Å². The number of nitrogens with two attached hydrogens (primary N) is 1. The number of hydrogen-bond donors (Lipinski definition) is 2. The predicted octanol–water partition coefficient (Wildman–Crippen LogP) is 1.04. The molecule has 2 rings (SSSR count). The second kappa shape index (κ2) is 8.47. The van der Waals surface area contributed by atoms with E-state index < -0.39 is 24.4 Å². The number of nitrogens with one attached hydrogen (secondary N) is 1. The first-order chi connectivity index (χ1) is 11.5. The van der Waals surface area contributed by atoms with Crippen LogP contribution < -0.4 is 11.1 Å². The molecule has 6 heteroatoms. The third-order valence-corrected chi connectivity index (χ3v) is 3.23. The van der Waals surface area contributed by atoms with Gasteiger partial charge >= 0.3 is 5.97 Å². The lowest BCUT2D eigenvalue weighted by atomic mass is 10.0. The molecule has 0 fully saturated rings. The zero-order valence-corrected chi connectivity index (χ0v) is 13.0. The number of hydrogen-bond acceptors (Lipinski definition) is 4. The van der Waals surface area contributed by atoms with E-state index in [4.69, 9.17) is 10.5 Å². The fourth-order valence-corrected chi connectivity index (χ4v) is 2.05. The van der Waals surface area contributed by atoms with Gasteiger partial charge < -0.3 is 15.8 Å². The van der Waals surface area contributed by atoms with Gasteiger partial charge in [0.2, 0.25) is 5.91 Å². The molecule has 6 nitrogen and oxygen atoms in total. The van der Waals surface area contributed by atoms with Gasteiger partial charge in [0, 0.05) is 0 Å². The summed E-state index contributed by atoms with van der Waals surface area (Å²) in [6.45, 7) is -0.717. The summed E-state index contributed by atoms with van der Waals surface area (Å²) in [6.07, 6.45) is 0.0676. The Morgan fingerprint density at radius 2 is 1.54 bits per heavy atom. The van der Waals surface area contributed by atoms with E-state index in [0.29, 0.717) is 0 Å². The summed E-state index contributed by atoms with van der Waals surface area (Å²) in [6, 6.07) is 17.4. The molecular weight excluding hydrogens is 308 g/mol. The number of esters is 1. The molecule has 124 valence electrons. The van der Waals surface area contributed by atoms with Crippen LogP contribution in [0.15, 0.2) is 54.6 Å². The van der Waals surface area contributed by atoms with E-state index in [1.807, 2.05) is 54.6 Å². The standard InChI is InChI=1S/C18H18N2O4/c19-16(21)11-20-17(22)12-24-18(23)10-13-6-8-15(9-7-13)14-4-2-1-3-5-14/h1-9H,10-12H2,(H2,19,21)(H,20,22). The molecule has 0 unspecified atom stereocenters. The SMILES string of the molecule is NC(=O)CNC(=O)COC(=O)Cc1ccc(-c2ccccc2)cc1. The quantitative estimate of drug-likeness (QED) is 0.743. The summed E-state index contributed by atoms with van der Waals surface area (Å²) in [5, 5.41) is 2.24.